The molecule has 1 aromatic heterocycles. The van der Waals surface area contributed by atoms with Crippen LogP contribution in [0.2, 0.25) is 0 Å². The van der Waals surface area contributed by atoms with E-state index in [0.29, 0.717) is 11.3 Å². The van der Waals surface area contributed by atoms with Gasteiger partial charge in [0.1, 0.15) is 11.6 Å². The van der Waals surface area contributed by atoms with E-state index in [1.165, 1.54) is 7.11 Å². The maximum atomic E-state index is 11.5. The van der Waals surface area contributed by atoms with E-state index in [4.69, 9.17) is 9.84 Å². The van der Waals surface area contributed by atoms with Gasteiger partial charge in [-0.05, 0) is 12.1 Å². The predicted octanol–water partition coefficient (Wildman–Crippen LogP) is 0.849. The summed E-state index contributed by atoms with van der Waals surface area (Å²) in [7, 11) is 1.48. The molecular formula is C12H10N2O5. The lowest BCUT2D eigenvalue weighted by Crippen LogP contribution is -2.15. The maximum Gasteiger partial charge on any atom is 0.358 e. The average molecular weight is 262 g/mol. The first-order chi connectivity index (χ1) is 9.02. The second-order valence-corrected chi connectivity index (χ2v) is 3.65. The molecule has 0 bridgehead atoms. The Hall–Kier alpha value is -2.83. The maximum absolute atomic E-state index is 11.5. The summed E-state index contributed by atoms with van der Waals surface area (Å²) >= 11 is 0. The van der Waals surface area contributed by atoms with E-state index in [2.05, 4.69) is 9.97 Å². The normalized spacial score (nSPS) is 10.2. The van der Waals surface area contributed by atoms with Crippen molar-refractivity contribution in [1.82, 2.24) is 9.97 Å². The van der Waals surface area contributed by atoms with E-state index in [1.807, 2.05) is 0 Å². The van der Waals surface area contributed by atoms with Crippen molar-refractivity contribution in [2.45, 2.75) is 0 Å². The number of rotatable bonds is 3. The SMILES string of the molecule is COc1cccc(-c2nc(C(=O)O)c(O)c(=O)[nH]2)c1. The third kappa shape index (κ3) is 2.39. The van der Waals surface area contributed by atoms with Gasteiger partial charge in [-0.2, -0.15) is 0 Å². The number of methoxy groups -OCH3 is 1. The zero-order valence-corrected chi connectivity index (χ0v) is 9.88. The van der Waals surface area contributed by atoms with Gasteiger partial charge in [0.15, 0.2) is 5.69 Å². The van der Waals surface area contributed by atoms with Crippen LogP contribution in [-0.2, 0) is 0 Å². The number of benzene rings is 1. The highest BCUT2D eigenvalue weighted by Crippen LogP contribution is 2.21. The Morgan fingerprint density at radius 3 is 2.79 bits per heavy atom. The Labute approximate surface area is 107 Å². The number of carbonyl (C=O) groups is 1. The van der Waals surface area contributed by atoms with Crippen molar-refractivity contribution in [1.29, 1.82) is 0 Å². The second kappa shape index (κ2) is 4.81. The van der Waals surface area contributed by atoms with Crippen LogP contribution in [0, 0.1) is 0 Å². The molecule has 0 aliphatic rings. The summed E-state index contributed by atoms with van der Waals surface area (Å²) < 4.78 is 5.02. The summed E-state index contributed by atoms with van der Waals surface area (Å²) in [4.78, 5) is 28.4. The summed E-state index contributed by atoms with van der Waals surface area (Å²) in [6, 6.07) is 6.58. The fraction of sp³-hybridized carbons (Fsp3) is 0.0833. The molecule has 2 rings (SSSR count). The molecule has 98 valence electrons. The molecule has 0 atom stereocenters. The molecule has 7 heteroatoms. The molecule has 1 heterocycles. The molecule has 7 nitrogen and oxygen atoms in total. The number of carboxylic acid groups (broad SMARTS) is 1. The van der Waals surface area contributed by atoms with Crippen LogP contribution < -0.4 is 10.3 Å². The lowest BCUT2D eigenvalue weighted by Gasteiger charge is -2.05. The zero-order valence-electron chi connectivity index (χ0n) is 9.88. The van der Waals surface area contributed by atoms with Gasteiger partial charge in [-0.15, -0.1) is 0 Å². The monoisotopic (exact) mass is 262 g/mol. The van der Waals surface area contributed by atoms with Gasteiger partial charge in [-0.1, -0.05) is 12.1 Å². The predicted molar refractivity (Wildman–Crippen MR) is 65.5 cm³/mol. The number of nitrogens with zero attached hydrogens (tertiary/aromatic N) is 1. The first kappa shape index (κ1) is 12.6. The molecule has 0 amide bonds. The lowest BCUT2D eigenvalue weighted by atomic mass is 10.2. The summed E-state index contributed by atoms with van der Waals surface area (Å²) in [5.41, 5.74) is -1.13. The number of aromatic hydroxyl groups is 1. The summed E-state index contributed by atoms with van der Waals surface area (Å²) in [5, 5.41) is 18.2. The van der Waals surface area contributed by atoms with Crippen molar-refractivity contribution in [3.63, 3.8) is 0 Å². The third-order valence-corrected chi connectivity index (χ3v) is 2.44. The molecule has 1 aromatic carbocycles. The van der Waals surface area contributed by atoms with Gasteiger partial charge in [0.05, 0.1) is 7.11 Å². The van der Waals surface area contributed by atoms with Gasteiger partial charge in [-0.3, -0.25) is 4.79 Å². The smallest absolute Gasteiger partial charge is 0.358 e. The number of aromatic nitrogens is 2. The highest BCUT2D eigenvalue weighted by molar-refractivity contribution is 5.88. The van der Waals surface area contributed by atoms with Crippen LogP contribution >= 0.6 is 0 Å². The minimum Gasteiger partial charge on any atom is -0.501 e. The molecular weight excluding hydrogens is 252 g/mol. The van der Waals surface area contributed by atoms with Crippen LogP contribution in [-0.4, -0.2) is 33.3 Å². The van der Waals surface area contributed by atoms with Crippen LogP contribution in [0.25, 0.3) is 11.4 Å². The number of aromatic carboxylic acids is 1. The number of aromatic amines is 1. The Bertz CT molecular complexity index is 693. The quantitative estimate of drug-likeness (QED) is 0.755. The molecule has 0 unspecified atom stereocenters. The van der Waals surface area contributed by atoms with Crippen molar-refractivity contribution >= 4 is 5.97 Å². The summed E-state index contributed by atoms with van der Waals surface area (Å²) in [6.45, 7) is 0. The first-order valence-electron chi connectivity index (χ1n) is 5.24. The summed E-state index contributed by atoms with van der Waals surface area (Å²) in [5.74, 6) is -1.82. The molecule has 0 saturated heterocycles. The topological polar surface area (TPSA) is 113 Å². The molecule has 0 spiro atoms. The second-order valence-electron chi connectivity index (χ2n) is 3.65. The van der Waals surface area contributed by atoms with Crippen LogP contribution in [0.1, 0.15) is 10.5 Å². The van der Waals surface area contributed by atoms with Crippen molar-refractivity contribution < 1.29 is 19.7 Å². The molecule has 0 fully saturated rings. The summed E-state index contributed by atoms with van der Waals surface area (Å²) in [6.07, 6.45) is 0. The fourth-order valence-corrected chi connectivity index (χ4v) is 1.52. The Kier molecular flexibility index (Phi) is 3.19. The van der Waals surface area contributed by atoms with Crippen LogP contribution in [0.5, 0.6) is 11.5 Å². The van der Waals surface area contributed by atoms with Crippen LogP contribution in [0.3, 0.4) is 0 Å². The minimum atomic E-state index is -1.48. The minimum absolute atomic E-state index is 0.0408. The van der Waals surface area contributed by atoms with Crippen molar-refractivity contribution in [3.05, 3.63) is 40.3 Å². The van der Waals surface area contributed by atoms with E-state index in [9.17, 15) is 14.7 Å². The van der Waals surface area contributed by atoms with Gasteiger partial charge in [0, 0.05) is 5.56 Å². The van der Waals surface area contributed by atoms with Gasteiger partial charge in [0.2, 0.25) is 5.75 Å². The number of hydrogen-bond acceptors (Lipinski definition) is 5. The van der Waals surface area contributed by atoms with Crippen molar-refractivity contribution in [3.8, 4) is 22.9 Å². The first-order valence-corrected chi connectivity index (χ1v) is 5.24. The van der Waals surface area contributed by atoms with Crippen LogP contribution in [0.15, 0.2) is 29.1 Å². The Morgan fingerprint density at radius 2 is 2.16 bits per heavy atom. The van der Waals surface area contributed by atoms with Gasteiger partial charge >= 0.3 is 5.97 Å². The van der Waals surface area contributed by atoms with Gasteiger partial charge in [-0.25, -0.2) is 9.78 Å². The Balaban J connectivity index is 2.62. The lowest BCUT2D eigenvalue weighted by molar-refractivity contribution is 0.0686. The number of hydrogen-bond donors (Lipinski definition) is 3. The van der Waals surface area contributed by atoms with E-state index >= 15 is 0 Å². The molecule has 3 N–H and O–H groups in total. The van der Waals surface area contributed by atoms with Gasteiger partial charge < -0.3 is 19.9 Å². The number of nitrogens with one attached hydrogen (secondary N) is 1. The fourth-order valence-electron chi connectivity index (χ4n) is 1.52. The third-order valence-electron chi connectivity index (χ3n) is 2.44. The largest absolute Gasteiger partial charge is 0.501 e. The van der Waals surface area contributed by atoms with E-state index < -0.39 is 23.0 Å². The van der Waals surface area contributed by atoms with E-state index in [-0.39, 0.29) is 5.82 Å². The standard InChI is InChI=1S/C12H10N2O5/c1-19-7-4-2-3-6(5-7)10-13-8(12(17)18)9(15)11(16)14-10/h2-5,15H,1H3,(H,17,18)(H,13,14,16). The van der Waals surface area contributed by atoms with Crippen molar-refractivity contribution in [2.75, 3.05) is 7.11 Å². The van der Waals surface area contributed by atoms with Gasteiger partial charge in [0.25, 0.3) is 5.56 Å². The molecule has 0 aliphatic carbocycles. The Morgan fingerprint density at radius 1 is 1.42 bits per heavy atom. The van der Waals surface area contributed by atoms with E-state index in [1.54, 1.807) is 24.3 Å². The molecule has 2 aromatic rings. The highest BCUT2D eigenvalue weighted by Gasteiger charge is 2.17. The highest BCUT2D eigenvalue weighted by atomic mass is 16.5. The number of H-pyrrole nitrogens is 1. The molecule has 19 heavy (non-hydrogen) atoms. The molecule has 0 aliphatic heterocycles. The number of ether oxygens (including phenoxy) is 1. The molecule has 0 saturated carbocycles. The zero-order chi connectivity index (χ0) is 14.0. The average Bonchev–Trinajstić information content (AvgIpc) is 2.41. The van der Waals surface area contributed by atoms with Crippen LogP contribution in [0.4, 0.5) is 0 Å². The number of carboxylic acids is 1. The van der Waals surface area contributed by atoms with Crippen molar-refractivity contribution in [2.24, 2.45) is 0 Å². The molecule has 0 radical (unpaired) electrons. The van der Waals surface area contributed by atoms with E-state index in [0.717, 1.165) is 0 Å².